The van der Waals surface area contributed by atoms with Gasteiger partial charge in [-0.15, -0.1) is 0 Å². The summed E-state index contributed by atoms with van der Waals surface area (Å²) < 4.78 is 21.6. The molecule has 9 nitrogen and oxygen atoms in total. The van der Waals surface area contributed by atoms with Gasteiger partial charge in [-0.05, 0) is 6.92 Å². The van der Waals surface area contributed by atoms with Gasteiger partial charge in [0.25, 0.3) is 5.56 Å². The number of aliphatic hydroxyl groups is 1. The number of nitrogens with zero attached hydrogens (tertiary/aromatic N) is 1. The van der Waals surface area contributed by atoms with E-state index in [0.717, 1.165) is 0 Å². The molecule has 2 rings (SSSR count). The molecule has 1 aromatic rings. The van der Waals surface area contributed by atoms with Crippen molar-refractivity contribution in [1.29, 1.82) is 0 Å². The maximum absolute atomic E-state index is 11.7. The van der Waals surface area contributed by atoms with E-state index < -0.39 is 37.9 Å². The molecule has 1 unspecified atom stereocenters. The Morgan fingerprint density at radius 2 is 2.30 bits per heavy atom. The zero-order chi connectivity index (χ0) is 14.9. The number of rotatable bonds is 4. The molecule has 0 spiro atoms. The van der Waals surface area contributed by atoms with Crippen LogP contribution in [0.4, 0.5) is 0 Å². The van der Waals surface area contributed by atoms with Gasteiger partial charge in [-0.3, -0.25) is 18.9 Å². The van der Waals surface area contributed by atoms with Crippen LogP contribution in [-0.2, 0) is 13.8 Å². The Hall–Kier alpha value is -1.25. The van der Waals surface area contributed by atoms with Crippen molar-refractivity contribution in [2.45, 2.75) is 31.8 Å². The first-order chi connectivity index (χ1) is 9.38. The lowest BCUT2D eigenvalue weighted by atomic mass is 10.2. The van der Waals surface area contributed by atoms with Crippen molar-refractivity contribution in [1.82, 2.24) is 9.55 Å². The van der Waals surface area contributed by atoms with Gasteiger partial charge in [-0.2, -0.15) is 0 Å². The van der Waals surface area contributed by atoms with Gasteiger partial charge in [0.05, 0.1) is 12.7 Å². The number of nitrogens with one attached hydrogen (secondary N) is 1. The first-order valence-corrected chi connectivity index (χ1v) is 7.16. The van der Waals surface area contributed by atoms with Crippen molar-refractivity contribution in [3.05, 3.63) is 32.6 Å². The second kappa shape index (κ2) is 6.02. The van der Waals surface area contributed by atoms with Crippen LogP contribution in [0.5, 0.6) is 0 Å². The predicted octanol–water partition coefficient (Wildman–Crippen LogP) is -1.11. The molecular formula is C10H15N2O7P. The molecule has 1 saturated heterocycles. The molecule has 0 bridgehead atoms. The maximum Gasteiger partial charge on any atom is 0.330 e. The molecule has 2 heterocycles. The Morgan fingerprint density at radius 3 is 2.95 bits per heavy atom. The molecule has 112 valence electrons. The van der Waals surface area contributed by atoms with E-state index >= 15 is 0 Å². The van der Waals surface area contributed by atoms with Gasteiger partial charge in [-0.25, -0.2) is 4.79 Å². The topological polar surface area (TPSA) is 131 Å². The quantitative estimate of drug-likeness (QED) is 0.601. The Morgan fingerprint density at radius 1 is 1.60 bits per heavy atom. The van der Waals surface area contributed by atoms with E-state index in [4.69, 9.17) is 9.63 Å². The average Bonchev–Trinajstić information content (AvgIpc) is 2.72. The van der Waals surface area contributed by atoms with Crippen LogP contribution < -0.4 is 11.2 Å². The molecule has 0 saturated carbocycles. The largest absolute Gasteiger partial charge is 0.390 e. The first kappa shape index (κ1) is 15.1. The van der Waals surface area contributed by atoms with Crippen molar-refractivity contribution in [3.63, 3.8) is 0 Å². The molecule has 0 amide bonds. The van der Waals surface area contributed by atoms with Crippen LogP contribution in [0.1, 0.15) is 18.2 Å². The Bertz CT molecular complexity index is 625. The highest BCUT2D eigenvalue weighted by molar-refractivity contribution is 7.32. The number of hydrogen-bond donors (Lipinski definition) is 3. The summed E-state index contributed by atoms with van der Waals surface area (Å²) in [6.07, 6.45) is -1.04. The van der Waals surface area contributed by atoms with Gasteiger partial charge in [-0.1, -0.05) is 0 Å². The standard InChI is InChI=1S/C10H15N2O7P/c1-5-3-12(10(15)11-9(5)14)8-2-6(13)7(19-8)4-18-20(16)17/h3,6-8,13,20H,2,4H2,1H3,(H,16,17)(H,11,14,15)/t6-,7-,8-/m0/s1. The van der Waals surface area contributed by atoms with E-state index in [2.05, 4.69) is 9.51 Å². The number of ether oxygens (including phenoxy) is 1. The summed E-state index contributed by atoms with van der Waals surface area (Å²) >= 11 is 0. The molecule has 0 aromatic carbocycles. The fraction of sp³-hybridized carbons (Fsp3) is 0.600. The van der Waals surface area contributed by atoms with Crippen LogP contribution in [0.3, 0.4) is 0 Å². The molecule has 1 aromatic heterocycles. The normalized spacial score (nSPS) is 27.6. The minimum absolute atomic E-state index is 0.117. The summed E-state index contributed by atoms with van der Waals surface area (Å²) in [5.74, 6) is 0. The van der Waals surface area contributed by atoms with Crippen molar-refractivity contribution in [3.8, 4) is 0 Å². The van der Waals surface area contributed by atoms with Crippen LogP contribution in [0.15, 0.2) is 15.8 Å². The number of hydrogen-bond acceptors (Lipinski definition) is 6. The lowest BCUT2D eigenvalue weighted by Gasteiger charge is -2.15. The van der Waals surface area contributed by atoms with E-state index in [1.807, 2.05) is 0 Å². The van der Waals surface area contributed by atoms with Gasteiger partial charge in [0.1, 0.15) is 12.3 Å². The number of aliphatic hydroxyl groups excluding tert-OH is 1. The summed E-state index contributed by atoms with van der Waals surface area (Å²) in [5, 5.41) is 9.78. The zero-order valence-electron chi connectivity index (χ0n) is 10.6. The van der Waals surface area contributed by atoms with E-state index in [9.17, 15) is 19.3 Å². The molecule has 0 aliphatic carbocycles. The average molecular weight is 306 g/mol. The molecular weight excluding hydrogens is 291 g/mol. The summed E-state index contributed by atoms with van der Waals surface area (Å²) in [6.45, 7) is 1.29. The zero-order valence-corrected chi connectivity index (χ0v) is 11.6. The highest BCUT2D eigenvalue weighted by Gasteiger charge is 2.35. The third kappa shape index (κ3) is 3.25. The lowest BCUT2D eigenvalue weighted by Crippen LogP contribution is -2.33. The smallest absolute Gasteiger partial charge is 0.330 e. The highest BCUT2D eigenvalue weighted by Crippen LogP contribution is 2.29. The summed E-state index contributed by atoms with van der Waals surface area (Å²) in [4.78, 5) is 33.7. The third-order valence-electron chi connectivity index (χ3n) is 3.03. The lowest BCUT2D eigenvalue weighted by molar-refractivity contribution is -0.0413. The summed E-state index contributed by atoms with van der Waals surface area (Å²) in [5.41, 5.74) is -0.790. The SMILES string of the molecule is Cc1cn([C@@H]2C[C@H](O)[C@H](CO[PH](=O)O)O2)c(=O)[nH]c1=O. The fourth-order valence-corrected chi connectivity index (χ4v) is 2.30. The second-order valence-corrected chi connectivity index (χ2v) is 5.31. The fourth-order valence-electron chi connectivity index (χ4n) is 1.99. The van der Waals surface area contributed by atoms with Crippen molar-refractivity contribution < 1.29 is 23.8 Å². The Labute approximate surface area is 113 Å². The van der Waals surface area contributed by atoms with Crippen LogP contribution in [-0.4, -0.2) is 38.4 Å². The maximum atomic E-state index is 11.7. The first-order valence-electron chi connectivity index (χ1n) is 5.90. The minimum Gasteiger partial charge on any atom is -0.390 e. The number of aryl methyl sites for hydroxylation is 1. The van der Waals surface area contributed by atoms with Gasteiger partial charge < -0.3 is 19.3 Å². The van der Waals surface area contributed by atoms with E-state index in [-0.39, 0.29) is 13.0 Å². The predicted molar refractivity (Wildman–Crippen MR) is 67.8 cm³/mol. The molecule has 0 radical (unpaired) electrons. The van der Waals surface area contributed by atoms with Gasteiger partial charge in [0.2, 0.25) is 0 Å². The minimum atomic E-state index is -3.10. The molecule has 10 heteroatoms. The molecule has 4 atom stereocenters. The monoisotopic (exact) mass is 306 g/mol. The molecule has 1 aliphatic rings. The van der Waals surface area contributed by atoms with Crippen LogP contribution in [0.25, 0.3) is 0 Å². The van der Waals surface area contributed by atoms with Crippen LogP contribution in [0.2, 0.25) is 0 Å². The van der Waals surface area contributed by atoms with Gasteiger partial charge in [0, 0.05) is 18.2 Å². The van der Waals surface area contributed by atoms with Gasteiger partial charge in [0.15, 0.2) is 0 Å². The molecule has 1 fully saturated rings. The summed E-state index contributed by atoms with van der Waals surface area (Å²) in [6, 6.07) is 0. The molecule has 3 N–H and O–H groups in total. The number of H-pyrrole nitrogens is 1. The molecule has 20 heavy (non-hydrogen) atoms. The van der Waals surface area contributed by atoms with Crippen molar-refractivity contribution >= 4 is 8.25 Å². The van der Waals surface area contributed by atoms with Crippen LogP contribution >= 0.6 is 8.25 Å². The van der Waals surface area contributed by atoms with E-state index in [0.29, 0.717) is 5.56 Å². The van der Waals surface area contributed by atoms with Gasteiger partial charge >= 0.3 is 13.9 Å². The summed E-state index contributed by atoms with van der Waals surface area (Å²) in [7, 11) is -3.10. The Kier molecular flexibility index (Phi) is 4.56. The highest BCUT2D eigenvalue weighted by atomic mass is 31.1. The van der Waals surface area contributed by atoms with E-state index in [1.165, 1.54) is 10.8 Å². The van der Waals surface area contributed by atoms with Crippen molar-refractivity contribution in [2.75, 3.05) is 6.61 Å². The molecule has 1 aliphatic heterocycles. The second-order valence-electron chi connectivity index (χ2n) is 4.49. The number of aromatic nitrogens is 2. The van der Waals surface area contributed by atoms with Crippen molar-refractivity contribution in [2.24, 2.45) is 0 Å². The Balaban J connectivity index is 2.16. The number of aromatic amines is 1. The van der Waals surface area contributed by atoms with Crippen LogP contribution in [0, 0.1) is 6.92 Å². The third-order valence-corrected chi connectivity index (χ3v) is 3.44. The van der Waals surface area contributed by atoms with E-state index in [1.54, 1.807) is 6.92 Å².